The van der Waals surface area contributed by atoms with E-state index in [4.69, 9.17) is 18.9 Å². The van der Waals surface area contributed by atoms with E-state index in [1.807, 2.05) is 84.9 Å². The summed E-state index contributed by atoms with van der Waals surface area (Å²) in [5.74, 6) is 4.85. The molecule has 0 saturated carbocycles. The minimum Gasteiger partial charge on any atom is -0.458 e. The molecule has 0 saturated heterocycles. The van der Waals surface area contributed by atoms with Crippen LogP contribution >= 0.6 is 0 Å². The number of nitrogens with zero attached hydrogens (tertiary/aromatic N) is 2. The third-order valence-electron chi connectivity index (χ3n) is 9.44. The zero-order valence-corrected chi connectivity index (χ0v) is 24.1. The van der Waals surface area contributed by atoms with Crippen LogP contribution in [0.15, 0.2) is 109 Å². The zero-order valence-electron chi connectivity index (χ0n) is 24.1. The predicted octanol–water partition coefficient (Wildman–Crippen LogP) is 4.55. The van der Waals surface area contributed by atoms with Gasteiger partial charge in [-0.05, 0) is 58.2 Å². The normalized spacial score (nSPS) is 13.3. The van der Waals surface area contributed by atoms with Gasteiger partial charge >= 0.3 is 0 Å². The van der Waals surface area contributed by atoms with Crippen LogP contribution in [0.3, 0.4) is 0 Å². The summed E-state index contributed by atoms with van der Waals surface area (Å²) in [4.78, 5) is 0. The molecule has 6 aromatic carbocycles. The van der Waals surface area contributed by atoms with Crippen LogP contribution in [-0.2, 0) is 0 Å². The molecule has 0 aromatic heterocycles. The van der Waals surface area contributed by atoms with Gasteiger partial charge in [-0.25, -0.2) is 0 Å². The SMILES string of the molecule is N#Cc1c(-c2cc3c4c(c2C#N)Oc2ccccc2B4c2ccccc2O3)cc2c3c1Oc1ccccc1B3c1ccccc1O2. The lowest BCUT2D eigenvalue weighted by Crippen LogP contribution is -2.57. The van der Waals surface area contributed by atoms with Crippen LogP contribution in [0.4, 0.5) is 0 Å². The van der Waals surface area contributed by atoms with Crippen LogP contribution in [0.2, 0.25) is 0 Å². The molecular formula is C38H18B2N2O4. The summed E-state index contributed by atoms with van der Waals surface area (Å²) in [7, 11) is 0. The molecule has 10 rings (SSSR count). The van der Waals surface area contributed by atoms with Crippen molar-refractivity contribution in [3.63, 3.8) is 0 Å². The van der Waals surface area contributed by atoms with E-state index in [1.165, 1.54) is 0 Å². The van der Waals surface area contributed by atoms with Crippen molar-refractivity contribution in [2.75, 3.05) is 0 Å². The van der Waals surface area contributed by atoms with Gasteiger partial charge < -0.3 is 18.9 Å². The fourth-order valence-electron chi connectivity index (χ4n) is 7.54. The first-order valence-corrected chi connectivity index (χ1v) is 15.0. The van der Waals surface area contributed by atoms with Gasteiger partial charge in [-0.1, -0.05) is 72.8 Å². The summed E-state index contributed by atoms with van der Waals surface area (Å²) < 4.78 is 26.1. The number of hydrogen-bond donors (Lipinski definition) is 0. The van der Waals surface area contributed by atoms with Crippen LogP contribution in [-0.4, -0.2) is 13.4 Å². The molecule has 46 heavy (non-hydrogen) atoms. The lowest BCUT2D eigenvalue weighted by molar-refractivity contribution is 0.462. The quantitative estimate of drug-likeness (QED) is 0.262. The first kappa shape index (κ1) is 25.0. The molecule has 4 aliphatic heterocycles. The standard InChI is InChI=1S/C38H18B2N2O4/c41-19-23-21(17-33-35-37(23)45-31-15-7-3-11-27(31)39(35)25-9-1-5-13-29(25)43-33)22-18-34-36-38(24(22)20-42)46-32-16-8-4-12-28(32)40(36)26-10-2-6-14-30(26)44-34/h1-18H. The summed E-state index contributed by atoms with van der Waals surface area (Å²) in [6.07, 6.45) is 0. The van der Waals surface area contributed by atoms with Crippen molar-refractivity contribution in [1.29, 1.82) is 10.5 Å². The van der Waals surface area contributed by atoms with E-state index < -0.39 is 0 Å². The lowest BCUT2D eigenvalue weighted by Gasteiger charge is -2.35. The average Bonchev–Trinajstić information content (AvgIpc) is 3.10. The maximum absolute atomic E-state index is 10.8. The number of nitriles is 2. The number of hydrogen-bond acceptors (Lipinski definition) is 6. The second kappa shape index (κ2) is 9.08. The molecule has 210 valence electrons. The molecule has 0 fully saturated rings. The number of para-hydroxylation sites is 4. The van der Waals surface area contributed by atoms with E-state index in [2.05, 4.69) is 36.4 Å². The second-order valence-corrected chi connectivity index (χ2v) is 11.7. The highest BCUT2D eigenvalue weighted by molar-refractivity contribution is 6.99. The van der Waals surface area contributed by atoms with Crippen LogP contribution < -0.4 is 51.7 Å². The van der Waals surface area contributed by atoms with Crippen molar-refractivity contribution in [1.82, 2.24) is 0 Å². The van der Waals surface area contributed by atoms with Crippen LogP contribution in [0.5, 0.6) is 46.0 Å². The fourth-order valence-corrected chi connectivity index (χ4v) is 7.54. The molecule has 4 aliphatic rings. The number of rotatable bonds is 1. The Hall–Kier alpha value is -6.37. The molecule has 0 amide bonds. The van der Waals surface area contributed by atoms with Crippen LogP contribution in [0.25, 0.3) is 11.1 Å². The monoisotopic (exact) mass is 588 g/mol. The molecule has 6 nitrogen and oxygen atoms in total. The van der Waals surface area contributed by atoms with Crippen molar-refractivity contribution in [3.05, 3.63) is 120 Å². The summed E-state index contributed by atoms with van der Waals surface area (Å²) in [6, 6.07) is 40.2. The van der Waals surface area contributed by atoms with Crippen LogP contribution in [0.1, 0.15) is 11.1 Å². The molecule has 0 unspecified atom stereocenters. The zero-order chi connectivity index (χ0) is 30.5. The van der Waals surface area contributed by atoms with Gasteiger partial charge in [-0.15, -0.1) is 0 Å². The van der Waals surface area contributed by atoms with Crippen molar-refractivity contribution < 1.29 is 18.9 Å². The Morgan fingerprint density at radius 2 is 0.739 bits per heavy atom. The van der Waals surface area contributed by atoms with Crippen molar-refractivity contribution >= 4 is 46.2 Å². The van der Waals surface area contributed by atoms with Gasteiger partial charge in [-0.2, -0.15) is 10.5 Å². The number of fused-ring (bicyclic) bond motifs is 8. The Balaban J connectivity index is 1.26. The summed E-state index contributed by atoms with van der Waals surface area (Å²) in [5, 5.41) is 21.5. The highest BCUT2D eigenvalue weighted by Crippen LogP contribution is 2.46. The topological polar surface area (TPSA) is 84.5 Å². The van der Waals surface area contributed by atoms with E-state index in [1.54, 1.807) is 0 Å². The molecule has 0 bridgehead atoms. The average molecular weight is 588 g/mol. The largest absolute Gasteiger partial charge is 0.458 e. The first-order valence-electron chi connectivity index (χ1n) is 15.0. The second-order valence-electron chi connectivity index (χ2n) is 11.7. The molecule has 0 spiro atoms. The lowest BCUT2D eigenvalue weighted by atomic mass is 9.34. The summed E-state index contributed by atoms with van der Waals surface area (Å²) >= 11 is 0. The van der Waals surface area contributed by atoms with Crippen molar-refractivity contribution in [2.24, 2.45) is 0 Å². The Kier molecular flexibility index (Phi) is 4.93. The highest BCUT2D eigenvalue weighted by atomic mass is 16.5. The van der Waals surface area contributed by atoms with Gasteiger partial charge in [0.05, 0.1) is 0 Å². The Labute approximate surface area is 264 Å². The predicted molar refractivity (Wildman–Crippen MR) is 177 cm³/mol. The minimum atomic E-state index is -0.179. The highest BCUT2D eigenvalue weighted by Gasteiger charge is 2.44. The summed E-state index contributed by atoms with van der Waals surface area (Å²) in [5.41, 5.74) is 7.25. The molecule has 0 radical (unpaired) electrons. The van der Waals surface area contributed by atoms with E-state index in [0.29, 0.717) is 56.8 Å². The minimum absolute atomic E-state index is 0.179. The Bertz CT molecular complexity index is 2250. The van der Waals surface area contributed by atoms with Gasteiger partial charge in [-0.3, -0.25) is 0 Å². The van der Waals surface area contributed by atoms with Crippen molar-refractivity contribution in [2.45, 2.75) is 0 Å². The molecule has 8 heteroatoms. The van der Waals surface area contributed by atoms with Crippen molar-refractivity contribution in [3.8, 4) is 69.3 Å². The summed E-state index contributed by atoms with van der Waals surface area (Å²) in [6.45, 7) is -0.358. The smallest absolute Gasteiger partial charge is 0.260 e. The Morgan fingerprint density at radius 3 is 1.09 bits per heavy atom. The molecule has 0 aliphatic carbocycles. The molecule has 0 N–H and O–H groups in total. The Morgan fingerprint density at radius 1 is 0.413 bits per heavy atom. The maximum Gasteiger partial charge on any atom is 0.260 e. The van der Waals surface area contributed by atoms with Gasteiger partial charge in [0.25, 0.3) is 13.4 Å². The number of benzene rings is 6. The van der Waals surface area contributed by atoms with Gasteiger partial charge in [0.2, 0.25) is 0 Å². The van der Waals surface area contributed by atoms with Gasteiger partial charge in [0.1, 0.15) is 69.3 Å². The van der Waals surface area contributed by atoms with Gasteiger partial charge in [0.15, 0.2) is 0 Å². The third-order valence-corrected chi connectivity index (χ3v) is 9.44. The van der Waals surface area contributed by atoms with E-state index in [9.17, 15) is 10.5 Å². The fraction of sp³-hybridized carbons (Fsp3) is 0. The maximum atomic E-state index is 10.8. The third kappa shape index (κ3) is 3.20. The molecule has 0 atom stereocenters. The molecule has 6 aromatic rings. The first-order chi connectivity index (χ1) is 22.7. The molecule has 4 heterocycles. The van der Waals surface area contributed by atoms with E-state index >= 15 is 0 Å². The van der Waals surface area contributed by atoms with E-state index in [-0.39, 0.29) is 13.4 Å². The van der Waals surface area contributed by atoms with Gasteiger partial charge in [0, 0.05) is 22.1 Å². The molecular weight excluding hydrogens is 570 g/mol. The number of ether oxygens (including phenoxy) is 4. The van der Waals surface area contributed by atoms with Crippen LogP contribution in [0, 0.1) is 22.7 Å². The van der Waals surface area contributed by atoms with E-state index in [0.717, 1.165) is 44.3 Å².